The lowest BCUT2D eigenvalue weighted by Crippen LogP contribution is -2.36. The molecule has 0 atom stereocenters. The average molecular weight is 407 g/mol. The number of hydrogen-bond acceptors (Lipinski definition) is 4. The molecule has 3 aromatic rings. The SMILES string of the molecule is CCN(CC)C(=O)C(=O)c1cn(CC(=O)Nc2ccc(OC)cc2)c2ccccc12. The fraction of sp³-hybridized carbons (Fsp3) is 0.261. The van der Waals surface area contributed by atoms with Gasteiger partial charge in [0.05, 0.1) is 12.7 Å². The van der Waals surface area contributed by atoms with Crippen molar-refractivity contribution in [2.45, 2.75) is 20.4 Å². The number of para-hydroxylation sites is 1. The molecule has 0 unspecified atom stereocenters. The van der Waals surface area contributed by atoms with Gasteiger partial charge >= 0.3 is 0 Å². The molecule has 0 aliphatic heterocycles. The second-order valence-electron chi connectivity index (χ2n) is 6.77. The van der Waals surface area contributed by atoms with E-state index >= 15 is 0 Å². The molecule has 156 valence electrons. The molecule has 2 aromatic carbocycles. The third kappa shape index (κ3) is 4.35. The molecule has 2 amide bonds. The monoisotopic (exact) mass is 407 g/mol. The van der Waals surface area contributed by atoms with Crippen LogP contribution in [0.1, 0.15) is 24.2 Å². The van der Waals surface area contributed by atoms with Gasteiger partial charge in [-0.15, -0.1) is 0 Å². The summed E-state index contributed by atoms with van der Waals surface area (Å²) in [6.07, 6.45) is 1.59. The molecule has 7 heteroatoms. The van der Waals surface area contributed by atoms with E-state index in [4.69, 9.17) is 4.74 Å². The molecule has 3 rings (SSSR count). The van der Waals surface area contributed by atoms with Crippen molar-refractivity contribution in [2.75, 3.05) is 25.5 Å². The average Bonchev–Trinajstić information content (AvgIpc) is 3.12. The fourth-order valence-electron chi connectivity index (χ4n) is 3.36. The minimum Gasteiger partial charge on any atom is -0.497 e. The van der Waals surface area contributed by atoms with Crippen LogP contribution < -0.4 is 10.1 Å². The normalized spacial score (nSPS) is 10.6. The van der Waals surface area contributed by atoms with Crippen LogP contribution in [0.4, 0.5) is 5.69 Å². The van der Waals surface area contributed by atoms with Crippen molar-refractivity contribution in [1.29, 1.82) is 0 Å². The van der Waals surface area contributed by atoms with Gasteiger partial charge in [0.15, 0.2) is 0 Å². The number of methoxy groups -OCH3 is 1. The number of amides is 2. The van der Waals surface area contributed by atoms with Crippen LogP contribution in [0, 0.1) is 0 Å². The maximum atomic E-state index is 12.9. The molecule has 0 radical (unpaired) electrons. The van der Waals surface area contributed by atoms with Gasteiger partial charge in [0.25, 0.3) is 11.7 Å². The van der Waals surface area contributed by atoms with Crippen molar-refractivity contribution in [2.24, 2.45) is 0 Å². The Hall–Kier alpha value is -3.61. The third-order valence-electron chi connectivity index (χ3n) is 4.97. The van der Waals surface area contributed by atoms with E-state index in [9.17, 15) is 14.4 Å². The Labute approximate surface area is 175 Å². The Morgan fingerprint density at radius 2 is 1.67 bits per heavy atom. The summed E-state index contributed by atoms with van der Waals surface area (Å²) in [4.78, 5) is 39.5. The van der Waals surface area contributed by atoms with Crippen LogP contribution in [0.5, 0.6) is 5.75 Å². The summed E-state index contributed by atoms with van der Waals surface area (Å²) in [5, 5.41) is 3.48. The van der Waals surface area contributed by atoms with Gasteiger partial charge in [-0.25, -0.2) is 0 Å². The highest BCUT2D eigenvalue weighted by Crippen LogP contribution is 2.23. The molecule has 7 nitrogen and oxygen atoms in total. The number of Topliss-reactive ketones (excluding diaryl/α,β-unsaturated/α-hetero) is 1. The highest BCUT2D eigenvalue weighted by molar-refractivity contribution is 6.44. The zero-order valence-corrected chi connectivity index (χ0v) is 17.3. The molecule has 0 aliphatic rings. The molecule has 30 heavy (non-hydrogen) atoms. The minimum atomic E-state index is -0.566. The number of ether oxygens (including phenoxy) is 1. The molecular weight excluding hydrogens is 382 g/mol. The first kappa shape index (κ1) is 21.1. The number of rotatable bonds is 8. The van der Waals surface area contributed by atoms with Crippen LogP contribution >= 0.6 is 0 Å². The predicted octanol–water partition coefficient (Wildman–Crippen LogP) is 3.34. The predicted molar refractivity (Wildman–Crippen MR) is 116 cm³/mol. The number of aromatic nitrogens is 1. The molecule has 0 saturated carbocycles. The molecule has 1 N–H and O–H groups in total. The zero-order valence-electron chi connectivity index (χ0n) is 17.3. The van der Waals surface area contributed by atoms with Gasteiger partial charge in [-0.05, 0) is 44.2 Å². The molecule has 0 aliphatic carbocycles. The second-order valence-corrected chi connectivity index (χ2v) is 6.77. The minimum absolute atomic E-state index is 0.0132. The summed E-state index contributed by atoms with van der Waals surface area (Å²) < 4.78 is 6.81. The number of carbonyl (C=O) groups is 3. The van der Waals surface area contributed by atoms with Crippen molar-refractivity contribution in [3.8, 4) is 5.75 Å². The summed E-state index contributed by atoms with van der Waals surface area (Å²) in [7, 11) is 1.58. The van der Waals surface area contributed by atoms with Crippen molar-refractivity contribution in [1.82, 2.24) is 9.47 Å². The Morgan fingerprint density at radius 3 is 2.30 bits per heavy atom. The molecule has 0 spiro atoms. The molecule has 0 saturated heterocycles. The van der Waals surface area contributed by atoms with E-state index in [1.807, 2.05) is 32.0 Å². The standard InChI is InChI=1S/C23H25N3O4/c1-4-25(5-2)23(29)22(28)19-14-26(20-9-7-6-8-18(19)20)15-21(27)24-16-10-12-17(30-3)13-11-16/h6-14H,4-5,15H2,1-3H3,(H,24,27). The maximum Gasteiger partial charge on any atom is 0.295 e. The third-order valence-corrected chi connectivity index (χ3v) is 4.97. The number of fused-ring (bicyclic) bond motifs is 1. The number of nitrogens with zero attached hydrogens (tertiary/aromatic N) is 2. The quantitative estimate of drug-likeness (QED) is 0.459. The summed E-state index contributed by atoms with van der Waals surface area (Å²) in [5.41, 5.74) is 1.67. The van der Waals surface area contributed by atoms with Crippen LogP contribution in [0.15, 0.2) is 54.7 Å². The van der Waals surface area contributed by atoms with Crippen molar-refractivity contribution in [3.63, 3.8) is 0 Å². The van der Waals surface area contributed by atoms with E-state index < -0.39 is 11.7 Å². The van der Waals surface area contributed by atoms with E-state index in [-0.39, 0.29) is 12.5 Å². The number of anilines is 1. The summed E-state index contributed by atoms with van der Waals surface area (Å²) in [6.45, 7) is 4.61. The Morgan fingerprint density at radius 1 is 1.00 bits per heavy atom. The lowest BCUT2D eigenvalue weighted by atomic mass is 10.1. The number of hydrogen-bond donors (Lipinski definition) is 1. The van der Waals surface area contributed by atoms with E-state index in [1.54, 1.807) is 48.2 Å². The number of carbonyl (C=O) groups excluding carboxylic acids is 3. The molecule has 0 fully saturated rings. The van der Waals surface area contributed by atoms with Crippen LogP contribution in [0.3, 0.4) is 0 Å². The Bertz CT molecular complexity index is 1070. The molecule has 1 heterocycles. The van der Waals surface area contributed by atoms with Crippen LogP contribution in [0.25, 0.3) is 10.9 Å². The summed E-state index contributed by atoms with van der Waals surface area (Å²) in [6, 6.07) is 14.3. The number of nitrogens with one attached hydrogen (secondary N) is 1. The smallest absolute Gasteiger partial charge is 0.295 e. The molecule has 0 bridgehead atoms. The number of benzene rings is 2. The first-order chi connectivity index (χ1) is 14.5. The fourth-order valence-corrected chi connectivity index (χ4v) is 3.36. The van der Waals surface area contributed by atoms with Crippen molar-refractivity contribution >= 4 is 34.2 Å². The van der Waals surface area contributed by atoms with E-state index in [1.165, 1.54) is 4.90 Å². The largest absolute Gasteiger partial charge is 0.497 e. The maximum absolute atomic E-state index is 12.9. The van der Waals surface area contributed by atoms with Crippen molar-refractivity contribution < 1.29 is 19.1 Å². The van der Waals surface area contributed by atoms with E-state index in [0.29, 0.717) is 35.5 Å². The van der Waals surface area contributed by atoms with Gasteiger partial charge in [0.2, 0.25) is 5.91 Å². The Balaban J connectivity index is 1.85. The zero-order chi connectivity index (χ0) is 21.7. The lowest BCUT2D eigenvalue weighted by molar-refractivity contribution is -0.126. The van der Waals surface area contributed by atoms with Gasteiger partial charge < -0.3 is 19.5 Å². The van der Waals surface area contributed by atoms with Crippen molar-refractivity contribution in [3.05, 3.63) is 60.3 Å². The number of ketones is 1. The Kier molecular flexibility index (Phi) is 6.51. The second kappa shape index (κ2) is 9.26. The highest BCUT2D eigenvalue weighted by Gasteiger charge is 2.25. The first-order valence-corrected chi connectivity index (χ1v) is 9.83. The molecule has 1 aromatic heterocycles. The van der Waals surface area contributed by atoms with Gasteiger partial charge in [0, 0.05) is 35.9 Å². The van der Waals surface area contributed by atoms with Crippen LogP contribution in [-0.2, 0) is 16.1 Å². The lowest BCUT2D eigenvalue weighted by Gasteiger charge is -2.17. The van der Waals surface area contributed by atoms with Crippen LogP contribution in [-0.4, -0.2) is 47.3 Å². The van der Waals surface area contributed by atoms with Gasteiger partial charge in [-0.2, -0.15) is 0 Å². The topological polar surface area (TPSA) is 80.6 Å². The molecular formula is C23H25N3O4. The van der Waals surface area contributed by atoms with E-state index in [0.717, 1.165) is 5.52 Å². The summed E-state index contributed by atoms with van der Waals surface area (Å²) in [5.74, 6) is -0.643. The van der Waals surface area contributed by atoms with Gasteiger partial charge in [-0.1, -0.05) is 18.2 Å². The van der Waals surface area contributed by atoms with Gasteiger partial charge in [0.1, 0.15) is 12.3 Å². The van der Waals surface area contributed by atoms with E-state index in [2.05, 4.69) is 5.32 Å². The number of likely N-dealkylation sites (N-methyl/N-ethyl adjacent to an activating group) is 1. The van der Waals surface area contributed by atoms with Crippen LogP contribution in [0.2, 0.25) is 0 Å². The van der Waals surface area contributed by atoms with Gasteiger partial charge in [-0.3, -0.25) is 14.4 Å². The highest BCUT2D eigenvalue weighted by atomic mass is 16.5. The first-order valence-electron chi connectivity index (χ1n) is 9.83. The summed E-state index contributed by atoms with van der Waals surface area (Å²) >= 11 is 0.